The Hall–Kier alpha value is -2.57. The van der Waals surface area contributed by atoms with Crippen molar-refractivity contribution in [3.05, 3.63) is 45.6 Å². The molecule has 1 aromatic heterocycles. The van der Waals surface area contributed by atoms with E-state index < -0.39 is 4.92 Å². The highest BCUT2D eigenvalue weighted by Crippen LogP contribution is 2.27. The number of rotatable bonds is 5. The Labute approximate surface area is 116 Å². The number of anilines is 1. The van der Waals surface area contributed by atoms with Crippen molar-refractivity contribution in [1.29, 1.82) is 0 Å². The first-order valence-corrected chi connectivity index (χ1v) is 6.07. The van der Waals surface area contributed by atoms with Gasteiger partial charge in [-0.1, -0.05) is 12.1 Å². The van der Waals surface area contributed by atoms with Crippen LogP contribution in [0.25, 0.3) is 0 Å². The fourth-order valence-corrected chi connectivity index (χ4v) is 1.99. The molecule has 7 heteroatoms. The molecule has 7 nitrogen and oxygen atoms in total. The van der Waals surface area contributed by atoms with E-state index in [0.717, 1.165) is 11.3 Å². The smallest absolute Gasteiger partial charge is 0.333 e. The Bertz CT molecular complexity index is 619. The summed E-state index contributed by atoms with van der Waals surface area (Å²) in [6, 6.07) is 7.50. The Morgan fingerprint density at radius 2 is 2.05 bits per heavy atom. The maximum Gasteiger partial charge on any atom is 0.333 e. The number of nitrogens with one attached hydrogen (secondary N) is 1. The summed E-state index contributed by atoms with van der Waals surface area (Å²) in [5.74, 6) is 1.18. The average Bonchev–Trinajstić information content (AvgIpc) is 2.71. The van der Waals surface area contributed by atoms with Crippen LogP contribution in [0, 0.1) is 17.0 Å². The van der Waals surface area contributed by atoms with E-state index >= 15 is 0 Å². The largest absolute Gasteiger partial charge is 0.497 e. The summed E-state index contributed by atoms with van der Waals surface area (Å²) in [7, 11) is 3.28. The Morgan fingerprint density at radius 1 is 1.40 bits per heavy atom. The molecule has 1 heterocycles. The summed E-state index contributed by atoms with van der Waals surface area (Å²) in [5.41, 5.74) is 1.41. The van der Waals surface area contributed by atoms with Crippen molar-refractivity contribution < 1.29 is 9.66 Å². The lowest BCUT2D eigenvalue weighted by Gasteiger charge is -2.07. The number of hydrogen-bond donors (Lipinski definition) is 1. The number of nitro groups is 1. The van der Waals surface area contributed by atoms with Gasteiger partial charge in [0.05, 0.1) is 12.0 Å². The minimum Gasteiger partial charge on any atom is -0.497 e. The highest BCUT2D eigenvalue weighted by atomic mass is 16.6. The van der Waals surface area contributed by atoms with E-state index in [0.29, 0.717) is 18.1 Å². The predicted octanol–water partition coefficient (Wildman–Crippen LogP) is 2.26. The fourth-order valence-electron chi connectivity index (χ4n) is 1.99. The number of nitrogens with zero attached hydrogens (tertiary/aromatic N) is 3. The lowest BCUT2D eigenvalue weighted by molar-refractivity contribution is -0.384. The van der Waals surface area contributed by atoms with Crippen molar-refractivity contribution in [2.45, 2.75) is 13.5 Å². The van der Waals surface area contributed by atoms with E-state index in [4.69, 9.17) is 4.74 Å². The van der Waals surface area contributed by atoms with E-state index in [1.165, 1.54) is 4.68 Å². The number of ether oxygens (including phenoxy) is 1. The van der Waals surface area contributed by atoms with Crippen molar-refractivity contribution in [3.8, 4) is 5.75 Å². The molecular weight excluding hydrogens is 260 g/mol. The van der Waals surface area contributed by atoms with E-state index in [1.807, 2.05) is 24.3 Å². The van der Waals surface area contributed by atoms with Crippen LogP contribution in [-0.4, -0.2) is 21.8 Å². The maximum atomic E-state index is 11.0. The van der Waals surface area contributed by atoms with Crippen LogP contribution in [0.5, 0.6) is 5.75 Å². The highest BCUT2D eigenvalue weighted by molar-refractivity contribution is 5.59. The molecule has 0 aliphatic heterocycles. The first-order valence-electron chi connectivity index (χ1n) is 6.07. The van der Waals surface area contributed by atoms with Crippen LogP contribution in [0.15, 0.2) is 24.3 Å². The summed E-state index contributed by atoms with van der Waals surface area (Å²) in [6.45, 7) is 2.10. The molecule has 0 aliphatic carbocycles. The molecule has 1 aromatic carbocycles. The summed E-state index contributed by atoms with van der Waals surface area (Å²) in [6.07, 6.45) is 0. The average molecular weight is 276 g/mol. The van der Waals surface area contributed by atoms with Gasteiger partial charge in [0.15, 0.2) is 0 Å². The molecule has 0 atom stereocenters. The minimum absolute atomic E-state index is 0.0148. The van der Waals surface area contributed by atoms with Crippen LogP contribution in [0.1, 0.15) is 11.3 Å². The second-order valence-electron chi connectivity index (χ2n) is 4.36. The molecule has 2 aromatic rings. The van der Waals surface area contributed by atoms with E-state index in [9.17, 15) is 10.1 Å². The molecule has 2 rings (SSSR count). The fraction of sp³-hybridized carbons (Fsp3) is 0.308. The van der Waals surface area contributed by atoms with Gasteiger partial charge in [-0.3, -0.25) is 10.1 Å². The van der Waals surface area contributed by atoms with Crippen LogP contribution in [0.3, 0.4) is 0 Å². The third kappa shape index (κ3) is 2.71. The van der Waals surface area contributed by atoms with E-state index in [2.05, 4.69) is 10.4 Å². The molecule has 106 valence electrons. The Balaban J connectivity index is 2.16. The van der Waals surface area contributed by atoms with Crippen LogP contribution >= 0.6 is 0 Å². The zero-order chi connectivity index (χ0) is 14.7. The molecule has 0 fully saturated rings. The third-order valence-corrected chi connectivity index (χ3v) is 2.99. The van der Waals surface area contributed by atoms with Gasteiger partial charge < -0.3 is 10.1 Å². The third-order valence-electron chi connectivity index (χ3n) is 2.99. The lowest BCUT2D eigenvalue weighted by atomic mass is 10.2. The van der Waals surface area contributed by atoms with Gasteiger partial charge in [-0.05, 0) is 24.6 Å². The molecule has 0 radical (unpaired) electrons. The van der Waals surface area contributed by atoms with Crippen molar-refractivity contribution >= 4 is 11.5 Å². The Morgan fingerprint density at radius 3 is 2.60 bits per heavy atom. The SMILES string of the molecule is COc1ccc(CNc2c([N+](=O)[O-])c(C)nn2C)cc1. The lowest BCUT2D eigenvalue weighted by Crippen LogP contribution is -2.06. The van der Waals surface area contributed by atoms with Gasteiger partial charge in [0.25, 0.3) is 0 Å². The molecule has 1 N–H and O–H groups in total. The number of benzene rings is 1. The molecule has 0 aliphatic rings. The zero-order valence-corrected chi connectivity index (χ0v) is 11.6. The van der Waals surface area contributed by atoms with Crippen molar-refractivity contribution in [1.82, 2.24) is 9.78 Å². The number of hydrogen-bond acceptors (Lipinski definition) is 5. The first kappa shape index (κ1) is 13.9. The van der Waals surface area contributed by atoms with Gasteiger partial charge >= 0.3 is 5.69 Å². The molecule has 0 amide bonds. The van der Waals surface area contributed by atoms with Crippen LogP contribution in [0.4, 0.5) is 11.5 Å². The van der Waals surface area contributed by atoms with Gasteiger partial charge in [0, 0.05) is 13.6 Å². The van der Waals surface area contributed by atoms with Gasteiger partial charge in [-0.2, -0.15) is 5.10 Å². The van der Waals surface area contributed by atoms with Gasteiger partial charge in [-0.25, -0.2) is 4.68 Å². The quantitative estimate of drug-likeness (QED) is 0.669. The zero-order valence-electron chi connectivity index (χ0n) is 11.6. The molecule has 0 saturated heterocycles. The second-order valence-corrected chi connectivity index (χ2v) is 4.36. The summed E-state index contributed by atoms with van der Waals surface area (Å²) < 4.78 is 6.56. The Kier molecular flexibility index (Phi) is 3.88. The molecule has 0 bridgehead atoms. The summed E-state index contributed by atoms with van der Waals surface area (Å²) in [4.78, 5) is 10.6. The summed E-state index contributed by atoms with van der Waals surface area (Å²) in [5, 5.41) is 18.2. The monoisotopic (exact) mass is 276 g/mol. The van der Waals surface area contributed by atoms with E-state index in [1.54, 1.807) is 21.1 Å². The van der Waals surface area contributed by atoms with Gasteiger partial charge in [0.2, 0.25) is 5.82 Å². The standard InChI is InChI=1S/C13H16N4O3/c1-9-12(17(18)19)13(16(2)15-9)14-8-10-4-6-11(20-3)7-5-10/h4-7,14H,8H2,1-3H3. The van der Waals surface area contributed by atoms with Crippen LogP contribution in [0.2, 0.25) is 0 Å². The number of methoxy groups -OCH3 is 1. The molecule has 0 spiro atoms. The number of aromatic nitrogens is 2. The van der Waals surface area contributed by atoms with E-state index in [-0.39, 0.29) is 5.69 Å². The highest BCUT2D eigenvalue weighted by Gasteiger charge is 2.23. The topological polar surface area (TPSA) is 82.2 Å². The summed E-state index contributed by atoms with van der Waals surface area (Å²) >= 11 is 0. The minimum atomic E-state index is -0.418. The number of aryl methyl sites for hydroxylation is 2. The second kappa shape index (κ2) is 5.60. The van der Waals surface area contributed by atoms with Crippen molar-refractivity contribution in [3.63, 3.8) is 0 Å². The predicted molar refractivity (Wildman–Crippen MR) is 74.9 cm³/mol. The van der Waals surface area contributed by atoms with Crippen LogP contribution in [-0.2, 0) is 13.6 Å². The molecule has 0 saturated carbocycles. The molecular formula is C13H16N4O3. The van der Waals surface area contributed by atoms with Gasteiger partial charge in [-0.15, -0.1) is 0 Å². The normalized spacial score (nSPS) is 10.3. The molecule has 0 unspecified atom stereocenters. The maximum absolute atomic E-state index is 11.0. The van der Waals surface area contributed by atoms with Crippen molar-refractivity contribution in [2.24, 2.45) is 7.05 Å². The first-order chi connectivity index (χ1) is 9.52. The van der Waals surface area contributed by atoms with Gasteiger partial charge in [0.1, 0.15) is 11.4 Å². The molecule has 20 heavy (non-hydrogen) atoms. The van der Waals surface area contributed by atoms with Crippen LogP contribution < -0.4 is 10.1 Å². The van der Waals surface area contributed by atoms with Crippen molar-refractivity contribution in [2.75, 3.05) is 12.4 Å².